The van der Waals surface area contributed by atoms with Crippen LogP contribution in [0.3, 0.4) is 0 Å². The number of nitrogen functional groups attached to an aromatic ring is 2. The van der Waals surface area contributed by atoms with E-state index in [1.165, 1.54) is 17.9 Å². The zero-order valence-electron chi connectivity index (χ0n) is 23.4. The van der Waals surface area contributed by atoms with Crippen LogP contribution in [0.25, 0.3) is 11.3 Å². The van der Waals surface area contributed by atoms with Crippen molar-refractivity contribution in [1.29, 1.82) is 5.41 Å². The molecule has 12 heteroatoms. The van der Waals surface area contributed by atoms with Gasteiger partial charge in [0.15, 0.2) is 5.82 Å². The van der Waals surface area contributed by atoms with Gasteiger partial charge in [0.25, 0.3) is 11.5 Å². The Morgan fingerprint density at radius 3 is 2.61 bits per heavy atom. The average Bonchev–Trinajstić information content (AvgIpc) is 3.77. The molecular formula is C29H36N8O4. The van der Waals surface area contributed by atoms with Crippen molar-refractivity contribution < 1.29 is 14.3 Å². The van der Waals surface area contributed by atoms with Gasteiger partial charge in [0.1, 0.15) is 18.1 Å². The highest BCUT2D eigenvalue weighted by atomic mass is 16.5. The van der Waals surface area contributed by atoms with Crippen LogP contribution in [0.2, 0.25) is 0 Å². The minimum Gasteiger partial charge on any atom is -0.496 e. The summed E-state index contributed by atoms with van der Waals surface area (Å²) < 4.78 is 6.72. The number of carbonyl (C=O) groups is 2. The Labute approximate surface area is 238 Å². The lowest BCUT2D eigenvalue weighted by Gasteiger charge is -2.17. The number of hydrogen-bond acceptors (Lipinski definition) is 8. The summed E-state index contributed by atoms with van der Waals surface area (Å²) in [4.78, 5) is 43.8. The topological polar surface area (TPSA) is 190 Å². The average molecular weight is 561 g/mol. The minimum absolute atomic E-state index is 0.0269. The Balaban J connectivity index is 1.63. The molecule has 4 rings (SSSR count). The van der Waals surface area contributed by atoms with E-state index < -0.39 is 11.5 Å². The second kappa shape index (κ2) is 12.5. The largest absolute Gasteiger partial charge is 0.496 e. The number of hydrogen-bond donors (Lipinski definition) is 6. The fraction of sp³-hybridized carbons (Fsp3) is 0.345. The molecule has 0 saturated heterocycles. The number of nitrogens with one attached hydrogen (secondary N) is 4. The lowest BCUT2D eigenvalue weighted by Crippen LogP contribution is -2.34. The van der Waals surface area contributed by atoms with Crippen molar-refractivity contribution in [2.24, 2.45) is 5.73 Å². The van der Waals surface area contributed by atoms with E-state index in [-0.39, 0.29) is 42.7 Å². The van der Waals surface area contributed by atoms with Gasteiger partial charge in [-0.3, -0.25) is 24.4 Å². The number of nitrogens with zero attached hydrogens (tertiary/aromatic N) is 2. The van der Waals surface area contributed by atoms with Crippen LogP contribution in [0.4, 0.5) is 11.5 Å². The number of carbonyl (C=O) groups excluding carboxylic acids is 2. The smallest absolute Gasteiger partial charge is 0.294 e. The SMILES string of the molecule is CC[C@@H](C)NC(=O)c1cc(N)cc(-c2cnc(NC3CC3)c(=O)n2CC(=O)NCc2ccc(C(=N)N)cc2OC)c1. The number of ether oxygens (including phenoxy) is 1. The summed E-state index contributed by atoms with van der Waals surface area (Å²) >= 11 is 0. The maximum absolute atomic E-state index is 13.5. The molecule has 1 aliphatic rings. The number of benzene rings is 2. The fourth-order valence-electron chi connectivity index (χ4n) is 4.19. The van der Waals surface area contributed by atoms with Crippen LogP contribution in [-0.2, 0) is 17.9 Å². The van der Waals surface area contributed by atoms with E-state index >= 15 is 0 Å². The summed E-state index contributed by atoms with van der Waals surface area (Å²) in [5.74, 6) is -0.179. The van der Waals surface area contributed by atoms with Gasteiger partial charge in [-0.1, -0.05) is 19.1 Å². The molecule has 41 heavy (non-hydrogen) atoms. The molecule has 12 nitrogen and oxygen atoms in total. The Bertz CT molecular complexity index is 1530. The minimum atomic E-state index is -0.457. The zero-order valence-corrected chi connectivity index (χ0v) is 23.4. The number of anilines is 2. The Morgan fingerprint density at radius 2 is 1.95 bits per heavy atom. The molecule has 2 amide bonds. The molecule has 1 aliphatic carbocycles. The first-order valence-corrected chi connectivity index (χ1v) is 13.5. The predicted molar refractivity (Wildman–Crippen MR) is 158 cm³/mol. The van der Waals surface area contributed by atoms with E-state index in [0.29, 0.717) is 39.4 Å². The van der Waals surface area contributed by atoms with E-state index in [9.17, 15) is 14.4 Å². The third kappa shape index (κ3) is 7.21. The Hall–Kier alpha value is -4.87. The van der Waals surface area contributed by atoms with Crippen LogP contribution >= 0.6 is 0 Å². The number of nitrogens with two attached hydrogens (primary N) is 2. The number of aromatic nitrogens is 2. The van der Waals surface area contributed by atoms with E-state index in [1.807, 2.05) is 13.8 Å². The van der Waals surface area contributed by atoms with Crippen molar-refractivity contribution in [2.45, 2.75) is 58.3 Å². The molecule has 3 aromatic rings. The fourth-order valence-corrected chi connectivity index (χ4v) is 4.19. The molecule has 1 atom stereocenters. The van der Waals surface area contributed by atoms with Gasteiger partial charge in [0, 0.05) is 46.6 Å². The number of amides is 2. The standard InChI is InChI=1S/C29H36N8O4/c1-4-16(2)35-28(39)20-9-19(10-21(30)11-20)23-14-34-27(36-22-7-8-22)29(40)37(23)15-25(38)33-13-18-6-5-17(26(31)32)12-24(18)41-3/h5-6,9-12,14,16,22H,4,7-8,13,15,30H2,1-3H3,(H3,31,32)(H,33,38)(H,34,36)(H,35,39)/t16-/m1/s1. The van der Waals surface area contributed by atoms with E-state index in [0.717, 1.165) is 19.3 Å². The van der Waals surface area contributed by atoms with E-state index in [4.69, 9.17) is 21.6 Å². The number of rotatable bonds is 12. The van der Waals surface area contributed by atoms with Gasteiger partial charge in [-0.15, -0.1) is 0 Å². The van der Waals surface area contributed by atoms with Crippen LogP contribution < -0.4 is 37.7 Å². The van der Waals surface area contributed by atoms with Gasteiger partial charge in [0.2, 0.25) is 5.91 Å². The maximum Gasteiger partial charge on any atom is 0.294 e. The Morgan fingerprint density at radius 1 is 1.20 bits per heavy atom. The van der Waals surface area contributed by atoms with Crippen LogP contribution in [0.1, 0.15) is 54.6 Å². The normalized spacial score (nSPS) is 13.2. The van der Waals surface area contributed by atoms with Crippen LogP contribution in [0, 0.1) is 5.41 Å². The molecule has 216 valence electrons. The van der Waals surface area contributed by atoms with Gasteiger partial charge >= 0.3 is 0 Å². The third-order valence-corrected chi connectivity index (χ3v) is 6.85. The van der Waals surface area contributed by atoms with Crippen LogP contribution in [-0.4, -0.2) is 46.4 Å². The first-order chi connectivity index (χ1) is 19.6. The monoisotopic (exact) mass is 560 g/mol. The van der Waals surface area contributed by atoms with Crippen molar-refractivity contribution in [3.63, 3.8) is 0 Å². The molecule has 0 bridgehead atoms. The summed E-state index contributed by atoms with van der Waals surface area (Å²) in [6.45, 7) is 3.71. The first-order valence-electron chi connectivity index (χ1n) is 13.5. The first kappa shape index (κ1) is 29.1. The number of methoxy groups -OCH3 is 1. The van der Waals surface area contributed by atoms with Crippen LogP contribution in [0.15, 0.2) is 47.4 Å². The van der Waals surface area contributed by atoms with Crippen molar-refractivity contribution in [3.05, 3.63) is 69.6 Å². The molecule has 0 spiro atoms. The Kier molecular flexibility index (Phi) is 8.91. The molecule has 0 unspecified atom stereocenters. The number of amidine groups is 1. The summed E-state index contributed by atoms with van der Waals surface area (Å²) in [5.41, 5.74) is 13.9. The lowest BCUT2D eigenvalue weighted by molar-refractivity contribution is -0.121. The lowest BCUT2D eigenvalue weighted by atomic mass is 10.1. The van der Waals surface area contributed by atoms with Gasteiger partial charge in [0.05, 0.1) is 19.0 Å². The molecule has 8 N–H and O–H groups in total. The van der Waals surface area contributed by atoms with Gasteiger partial charge in [-0.2, -0.15) is 0 Å². The van der Waals surface area contributed by atoms with E-state index in [1.54, 1.807) is 36.4 Å². The summed E-state index contributed by atoms with van der Waals surface area (Å²) in [6, 6.07) is 10.0. The highest BCUT2D eigenvalue weighted by Gasteiger charge is 2.24. The molecule has 1 saturated carbocycles. The second-order valence-electron chi connectivity index (χ2n) is 10.1. The summed E-state index contributed by atoms with van der Waals surface area (Å²) in [5, 5.41) is 16.5. The summed E-state index contributed by atoms with van der Waals surface area (Å²) in [6.07, 6.45) is 4.16. The van der Waals surface area contributed by atoms with Crippen molar-refractivity contribution in [3.8, 4) is 17.0 Å². The molecule has 1 heterocycles. The highest BCUT2D eigenvalue weighted by Crippen LogP contribution is 2.26. The molecule has 1 fully saturated rings. The van der Waals surface area contributed by atoms with Gasteiger partial charge in [-0.05, 0) is 50.5 Å². The molecular weight excluding hydrogens is 524 g/mol. The highest BCUT2D eigenvalue weighted by molar-refractivity contribution is 5.97. The molecule has 0 aliphatic heterocycles. The predicted octanol–water partition coefficient (Wildman–Crippen LogP) is 2.20. The second-order valence-corrected chi connectivity index (χ2v) is 10.1. The van der Waals surface area contributed by atoms with Crippen molar-refractivity contribution in [1.82, 2.24) is 20.2 Å². The quantitative estimate of drug-likeness (QED) is 0.110. The molecule has 1 aromatic heterocycles. The zero-order chi connectivity index (χ0) is 29.7. The maximum atomic E-state index is 13.5. The van der Waals surface area contributed by atoms with Crippen molar-refractivity contribution in [2.75, 3.05) is 18.2 Å². The molecule has 2 aromatic carbocycles. The van der Waals surface area contributed by atoms with Gasteiger partial charge < -0.3 is 32.2 Å². The van der Waals surface area contributed by atoms with Crippen LogP contribution in [0.5, 0.6) is 5.75 Å². The third-order valence-electron chi connectivity index (χ3n) is 6.85. The van der Waals surface area contributed by atoms with Crippen molar-refractivity contribution >= 4 is 29.2 Å². The molecule has 0 radical (unpaired) electrons. The summed E-state index contributed by atoms with van der Waals surface area (Å²) in [7, 11) is 1.49. The van der Waals surface area contributed by atoms with Gasteiger partial charge in [-0.25, -0.2) is 4.98 Å². The van der Waals surface area contributed by atoms with E-state index in [2.05, 4.69) is 20.9 Å².